The van der Waals surface area contributed by atoms with Crippen LogP contribution in [0.3, 0.4) is 0 Å². The average molecular weight is 442 g/mol. The fourth-order valence-electron chi connectivity index (χ4n) is 4.17. The first kappa shape index (κ1) is 21.4. The van der Waals surface area contributed by atoms with Crippen molar-refractivity contribution >= 4 is 33.2 Å². The number of nitrogens with one attached hydrogen (secondary N) is 1. The summed E-state index contributed by atoms with van der Waals surface area (Å²) in [5.74, 6) is 0.0191. The van der Waals surface area contributed by atoms with E-state index < -0.39 is 10.0 Å². The molecule has 0 saturated carbocycles. The van der Waals surface area contributed by atoms with Gasteiger partial charge in [-0.25, -0.2) is 8.42 Å². The van der Waals surface area contributed by atoms with Crippen molar-refractivity contribution in [1.29, 1.82) is 0 Å². The predicted molar refractivity (Wildman–Crippen MR) is 120 cm³/mol. The monoisotopic (exact) mass is 441 g/mol. The molecule has 0 atom stereocenters. The van der Waals surface area contributed by atoms with Crippen LogP contribution in [0.4, 0.5) is 11.4 Å². The molecule has 2 aliphatic rings. The van der Waals surface area contributed by atoms with Crippen molar-refractivity contribution in [3.05, 3.63) is 53.6 Å². The van der Waals surface area contributed by atoms with Gasteiger partial charge in [-0.3, -0.25) is 14.3 Å². The minimum absolute atomic E-state index is 0.0149. The standard InChI is InChI=1S/C23H27N3O4S/c1-2-22(27)26-15-12-18-16-20(10-11-21(18)26)31(29,30)24-19-8-6-17(7-9-19)23(28)25-13-4-3-5-14-25/h6-11,16,24H,2-5,12-15H2,1H3. The summed E-state index contributed by atoms with van der Waals surface area (Å²) >= 11 is 0. The van der Waals surface area contributed by atoms with Crippen molar-refractivity contribution in [2.24, 2.45) is 0 Å². The van der Waals surface area contributed by atoms with Crippen LogP contribution in [0.15, 0.2) is 47.4 Å². The highest BCUT2D eigenvalue weighted by molar-refractivity contribution is 7.92. The van der Waals surface area contributed by atoms with Gasteiger partial charge in [0.05, 0.1) is 4.90 Å². The Bertz CT molecular complexity index is 1090. The van der Waals surface area contributed by atoms with Crippen molar-refractivity contribution in [1.82, 2.24) is 4.90 Å². The van der Waals surface area contributed by atoms with Gasteiger partial charge in [0.25, 0.3) is 15.9 Å². The second-order valence-corrected chi connectivity index (χ2v) is 9.66. The molecule has 2 amide bonds. The van der Waals surface area contributed by atoms with Crippen molar-refractivity contribution < 1.29 is 18.0 Å². The van der Waals surface area contributed by atoms with Gasteiger partial charge in [-0.2, -0.15) is 0 Å². The molecule has 2 heterocycles. The molecule has 0 bridgehead atoms. The Morgan fingerprint density at radius 3 is 2.35 bits per heavy atom. The molecule has 8 heteroatoms. The molecular weight excluding hydrogens is 414 g/mol. The van der Waals surface area contributed by atoms with E-state index in [1.807, 2.05) is 11.8 Å². The summed E-state index contributed by atoms with van der Waals surface area (Å²) in [4.78, 5) is 28.3. The number of benzene rings is 2. The van der Waals surface area contributed by atoms with Gasteiger partial charge in [-0.05, 0) is 73.7 Å². The van der Waals surface area contributed by atoms with Crippen LogP contribution in [-0.2, 0) is 21.2 Å². The van der Waals surface area contributed by atoms with Crippen LogP contribution in [0.2, 0.25) is 0 Å². The van der Waals surface area contributed by atoms with E-state index in [0.29, 0.717) is 30.6 Å². The highest BCUT2D eigenvalue weighted by Gasteiger charge is 2.26. The lowest BCUT2D eigenvalue weighted by atomic mass is 10.1. The van der Waals surface area contributed by atoms with Crippen molar-refractivity contribution in [3.8, 4) is 0 Å². The van der Waals surface area contributed by atoms with Crippen LogP contribution in [-0.4, -0.2) is 44.8 Å². The van der Waals surface area contributed by atoms with E-state index in [1.165, 1.54) is 6.07 Å². The van der Waals surface area contributed by atoms with Gasteiger partial charge < -0.3 is 9.80 Å². The molecule has 164 valence electrons. The minimum atomic E-state index is -3.78. The number of fused-ring (bicyclic) bond motifs is 1. The normalized spacial score (nSPS) is 16.2. The lowest BCUT2D eigenvalue weighted by Gasteiger charge is -2.26. The molecule has 0 aliphatic carbocycles. The van der Waals surface area contributed by atoms with E-state index in [4.69, 9.17) is 0 Å². The summed E-state index contributed by atoms with van der Waals surface area (Å²) in [6, 6.07) is 11.4. The molecule has 1 saturated heterocycles. The first-order chi connectivity index (χ1) is 14.9. The lowest BCUT2D eigenvalue weighted by Crippen LogP contribution is -2.35. The summed E-state index contributed by atoms with van der Waals surface area (Å²) in [7, 11) is -3.78. The Labute approximate surface area is 183 Å². The van der Waals surface area contributed by atoms with Crippen LogP contribution in [0.25, 0.3) is 0 Å². The minimum Gasteiger partial charge on any atom is -0.339 e. The molecule has 2 aromatic carbocycles. The number of piperidine rings is 1. The fourth-order valence-corrected chi connectivity index (χ4v) is 5.28. The quantitative estimate of drug-likeness (QED) is 0.770. The molecule has 0 radical (unpaired) electrons. The molecule has 1 N–H and O–H groups in total. The number of anilines is 2. The largest absolute Gasteiger partial charge is 0.339 e. The lowest BCUT2D eigenvalue weighted by molar-refractivity contribution is -0.118. The summed E-state index contributed by atoms with van der Waals surface area (Å²) in [6.07, 6.45) is 4.25. The number of rotatable bonds is 5. The third kappa shape index (κ3) is 4.44. The maximum atomic E-state index is 12.9. The Kier molecular flexibility index (Phi) is 6.00. The van der Waals surface area contributed by atoms with Gasteiger partial charge in [0.2, 0.25) is 5.91 Å². The maximum absolute atomic E-state index is 12.9. The number of nitrogens with zero attached hydrogens (tertiary/aromatic N) is 2. The SMILES string of the molecule is CCC(=O)N1CCc2cc(S(=O)(=O)Nc3ccc(C(=O)N4CCCCC4)cc3)ccc21. The van der Waals surface area contributed by atoms with Crippen LogP contribution in [0.1, 0.15) is 48.5 Å². The number of likely N-dealkylation sites (tertiary alicyclic amines) is 1. The van der Waals surface area contributed by atoms with Gasteiger partial charge in [-0.1, -0.05) is 6.92 Å². The zero-order valence-corrected chi connectivity index (χ0v) is 18.5. The van der Waals surface area contributed by atoms with Gasteiger partial charge in [-0.15, -0.1) is 0 Å². The van der Waals surface area contributed by atoms with Gasteiger partial charge in [0, 0.05) is 43.0 Å². The number of carbonyl (C=O) groups excluding carboxylic acids is 2. The third-order valence-corrected chi connectivity index (χ3v) is 7.27. The summed E-state index contributed by atoms with van der Waals surface area (Å²) in [5, 5.41) is 0. The van der Waals surface area contributed by atoms with Gasteiger partial charge in [0.15, 0.2) is 0 Å². The Balaban J connectivity index is 1.48. The number of amides is 2. The second kappa shape index (κ2) is 8.70. The molecule has 2 aliphatic heterocycles. The molecule has 7 nitrogen and oxygen atoms in total. The number of hydrogen-bond donors (Lipinski definition) is 1. The van der Waals surface area contributed by atoms with Crippen LogP contribution >= 0.6 is 0 Å². The number of carbonyl (C=O) groups is 2. The topological polar surface area (TPSA) is 86.8 Å². The molecule has 31 heavy (non-hydrogen) atoms. The summed E-state index contributed by atoms with van der Waals surface area (Å²) in [6.45, 7) is 3.93. The molecule has 2 aromatic rings. The maximum Gasteiger partial charge on any atom is 0.261 e. The van der Waals surface area contributed by atoms with Crippen molar-refractivity contribution in [3.63, 3.8) is 0 Å². The molecule has 4 rings (SSSR count). The predicted octanol–water partition coefficient (Wildman–Crippen LogP) is 3.41. The first-order valence-electron chi connectivity index (χ1n) is 10.7. The van der Waals surface area contributed by atoms with Crippen molar-refractivity contribution in [2.45, 2.75) is 43.9 Å². The zero-order chi connectivity index (χ0) is 22.0. The van der Waals surface area contributed by atoms with Crippen molar-refractivity contribution in [2.75, 3.05) is 29.3 Å². The first-order valence-corrected chi connectivity index (χ1v) is 12.2. The van der Waals surface area contributed by atoms with E-state index in [9.17, 15) is 18.0 Å². The number of sulfonamides is 1. The Morgan fingerprint density at radius 1 is 0.968 bits per heavy atom. The molecule has 0 spiro atoms. The average Bonchev–Trinajstić information content (AvgIpc) is 3.22. The van der Waals surface area contributed by atoms with E-state index in [0.717, 1.165) is 43.6 Å². The highest BCUT2D eigenvalue weighted by atomic mass is 32.2. The number of hydrogen-bond acceptors (Lipinski definition) is 4. The van der Waals surface area contributed by atoms with Crippen LogP contribution in [0, 0.1) is 0 Å². The van der Waals surface area contributed by atoms with Gasteiger partial charge in [0.1, 0.15) is 0 Å². The molecule has 1 fully saturated rings. The van der Waals surface area contributed by atoms with E-state index in [2.05, 4.69) is 4.72 Å². The molecule has 0 aromatic heterocycles. The second-order valence-electron chi connectivity index (χ2n) is 7.98. The van der Waals surface area contributed by atoms with Gasteiger partial charge >= 0.3 is 0 Å². The molecular formula is C23H27N3O4S. The van der Waals surface area contributed by atoms with Crippen LogP contribution < -0.4 is 9.62 Å². The smallest absolute Gasteiger partial charge is 0.261 e. The third-order valence-electron chi connectivity index (χ3n) is 5.89. The van der Waals surface area contributed by atoms with E-state index in [1.54, 1.807) is 41.3 Å². The van der Waals surface area contributed by atoms with E-state index >= 15 is 0 Å². The Hall–Kier alpha value is -2.87. The Morgan fingerprint density at radius 2 is 1.68 bits per heavy atom. The summed E-state index contributed by atoms with van der Waals surface area (Å²) < 4.78 is 28.3. The summed E-state index contributed by atoms with van der Waals surface area (Å²) in [5.41, 5.74) is 2.60. The zero-order valence-electron chi connectivity index (χ0n) is 17.6. The van der Waals surface area contributed by atoms with Crippen LogP contribution in [0.5, 0.6) is 0 Å². The fraction of sp³-hybridized carbons (Fsp3) is 0.391. The van der Waals surface area contributed by atoms with E-state index in [-0.39, 0.29) is 16.7 Å². The highest BCUT2D eigenvalue weighted by Crippen LogP contribution is 2.31. The molecule has 0 unspecified atom stereocenters.